The molecule has 1 saturated carbocycles. The summed E-state index contributed by atoms with van der Waals surface area (Å²) in [6.45, 7) is 4.92. The Morgan fingerprint density at radius 1 is 1.24 bits per heavy atom. The van der Waals surface area contributed by atoms with Crippen LogP contribution >= 0.6 is 12.4 Å². The molecule has 2 fully saturated rings. The van der Waals surface area contributed by atoms with E-state index in [4.69, 9.17) is 4.74 Å². The molecule has 1 heterocycles. The van der Waals surface area contributed by atoms with E-state index in [9.17, 15) is 9.18 Å². The molecule has 0 unspecified atom stereocenters. The molecule has 1 aromatic rings. The zero-order valence-electron chi connectivity index (χ0n) is 14.9. The summed E-state index contributed by atoms with van der Waals surface area (Å²) in [6.07, 6.45) is 4.77. The molecule has 1 aromatic carbocycles. The molecule has 1 saturated heterocycles. The number of nitrogens with zero attached hydrogens (tertiary/aromatic N) is 2. The summed E-state index contributed by atoms with van der Waals surface area (Å²) in [5, 5.41) is 0. The van der Waals surface area contributed by atoms with Gasteiger partial charge in [0.25, 0.3) is 0 Å². The number of hydrogen-bond acceptors (Lipinski definition) is 3. The Bertz CT molecular complexity index is 573. The number of amides is 1. The van der Waals surface area contributed by atoms with Crippen molar-refractivity contribution in [1.82, 2.24) is 9.80 Å². The van der Waals surface area contributed by atoms with Crippen LogP contribution in [0.4, 0.5) is 4.39 Å². The number of benzene rings is 1. The van der Waals surface area contributed by atoms with Gasteiger partial charge in [0.2, 0.25) is 5.91 Å². The third kappa shape index (κ3) is 5.86. The van der Waals surface area contributed by atoms with Gasteiger partial charge in [-0.1, -0.05) is 6.07 Å². The molecule has 6 heteroatoms. The highest BCUT2D eigenvalue weighted by Crippen LogP contribution is 2.30. The van der Waals surface area contributed by atoms with Crippen LogP contribution in [-0.2, 0) is 11.2 Å². The average Bonchev–Trinajstić information content (AvgIpc) is 3.39. The second-order valence-electron chi connectivity index (χ2n) is 6.95. The maximum Gasteiger partial charge on any atom is 0.222 e. The number of carbonyl (C=O) groups excluding carboxylic acids is 1. The van der Waals surface area contributed by atoms with Crippen molar-refractivity contribution in [2.24, 2.45) is 5.92 Å². The van der Waals surface area contributed by atoms with Crippen molar-refractivity contribution in [1.29, 1.82) is 0 Å². The van der Waals surface area contributed by atoms with Gasteiger partial charge in [-0.25, -0.2) is 4.39 Å². The molecular formula is C19H28ClFN2O2. The van der Waals surface area contributed by atoms with Gasteiger partial charge >= 0.3 is 0 Å². The number of piperazine rings is 1. The van der Waals surface area contributed by atoms with E-state index in [0.717, 1.165) is 44.1 Å². The molecule has 1 aliphatic heterocycles. The van der Waals surface area contributed by atoms with Crippen LogP contribution in [0.1, 0.15) is 31.2 Å². The van der Waals surface area contributed by atoms with Crippen molar-refractivity contribution < 1.29 is 13.9 Å². The van der Waals surface area contributed by atoms with E-state index in [0.29, 0.717) is 12.8 Å². The smallest absolute Gasteiger partial charge is 0.222 e. The number of rotatable bonds is 7. The largest absolute Gasteiger partial charge is 0.494 e. The van der Waals surface area contributed by atoms with Gasteiger partial charge in [-0.2, -0.15) is 0 Å². The maximum absolute atomic E-state index is 13.7. The number of hydrogen-bond donors (Lipinski definition) is 0. The highest BCUT2D eigenvalue weighted by Gasteiger charge is 2.27. The van der Waals surface area contributed by atoms with Gasteiger partial charge in [0.1, 0.15) is 0 Å². The predicted molar refractivity (Wildman–Crippen MR) is 98.9 cm³/mol. The first kappa shape index (κ1) is 20.0. The third-order valence-electron chi connectivity index (χ3n) is 5.01. The maximum atomic E-state index is 13.7. The number of carbonyl (C=O) groups is 1. The topological polar surface area (TPSA) is 32.8 Å². The molecule has 1 aliphatic carbocycles. The van der Waals surface area contributed by atoms with Crippen LogP contribution in [0.3, 0.4) is 0 Å². The minimum atomic E-state index is -0.340. The third-order valence-corrected chi connectivity index (χ3v) is 5.01. The van der Waals surface area contributed by atoms with Crippen LogP contribution in [-0.4, -0.2) is 55.5 Å². The lowest BCUT2D eigenvalue weighted by atomic mass is 10.1. The van der Waals surface area contributed by atoms with Crippen molar-refractivity contribution >= 4 is 18.3 Å². The SMILES string of the molecule is COc1ccc(CCCC(=O)N2CCN(CC3CC3)CC2)cc1F.Cl. The Morgan fingerprint density at radius 2 is 1.96 bits per heavy atom. The van der Waals surface area contributed by atoms with Crippen LogP contribution in [0.25, 0.3) is 0 Å². The van der Waals surface area contributed by atoms with Crippen molar-refractivity contribution in [3.8, 4) is 5.75 Å². The zero-order chi connectivity index (χ0) is 16.9. The van der Waals surface area contributed by atoms with Crippen molar-refractivity contribution in [2.45, 2.75) is 32.1 Å². The average molecular weight is 371 g/mol. The molecule has 0 spiro atoms. The first-order valence-corrected chi connectivity index (χ1v) is 8.98. The van der Waals surface area contributed by atoms with Gasteiger partial charge in [-0.3, -0.25) is 9.69 Å². The summed E-state index contributed by atoms with van der Waals surface area (Å²) in [5.74, 6) is 1.07. The highest BCUT2D eigenvalue weighted by molar-refractivity contribution is 5.85. The van der Waals surface area contributed by atoms with Gasteiger partial charge < -0.3 is 9.64 Å². The molecule has 0 N–H and O–H groups in total. The van der Waals surface area contributed by atoms with E-state index in [1.54, 1.807) is 6.07 Å². The first-order chi connectivity index (χ1) is 11.7. The van der Waals surface area contributed by atoms with E-state index in [2.05, 4.69) is 4.90 Å². The lowest BCUT2D eigenvalue weighted by molar-refractivity contribution is -0.133. The molecule has 4 nitrogen and oxygen atoms in total. The molecular weight excluding hydrogens is 343 g/mol. The first-order valence-electron chi connectivity index (χ1n) is 8.98. The summed E-state index contributed by atoms with van der Waals surface area (Å²) in [4.78, 5) is 16.8. The summed E-state index contributed by atoms with van der Waals surface area (Å²) in [7, 11) is 1.46. The van der Waals surface area contributed by atoms with Gasteiger partial charge in [0.05, 0.1) is 7.11 Å². The van der Waals surface area contributed by atoms with E-state index in [1.807, 2.05) is 11.0 Å². The van der Waals surface area contributed by atoms with Crippen LogP contribution in [0, 0.1) is 11.7 Å². The quantitative estimate of drug-likeness (QED) is 0.739. The minimum absolute atomic E-state index is 0. The monoisotopic (exact) mass is 370 g/mol. The van der Waals surface area contributed by atoms with Crippen LogP contribution in [0.15, 0.2) is 18.2 Å². The summed E-state index contributed by atoms with van der Waals surface area (Å²) < 4.78 is 18.6. The number of aryl methyl sites for hydroxylation is 1. The molecule has 1 amide bonds. The Labute approximate surface area is 155 Å². The fourth-order valence-corrected chi connectivity index (χ4v) is 3.31. The van der Waals surface area contributed by atoms with Crippen molar-refractivity contribution in [3.63, 3.8) is 0 Å². The summed E-state index contributed by atoms with van der Waals surface area (Å²) in [6, 6.07) is 5.01. The minimum Gasteiger partial charge on any atom is -0.494 e. The van der Waals surface area contributed by atoms with Crippen LogP contribution in [0.5, 0.6) is 5.75 Å². The lowest BCUT2D eigenvalue weighted by Gasteiger charge is -2.34. The van der Waals surface area contributed by atoms with Crippen LogP contribution < -0.4 is 4.74 Å². The highest BCUT2D eigenvalue weighted by atomic mass is 35.5. The molecule has 0 radical (unpaired) electrons. The predicted octanol–water partition coefficient (Wildman–Crippen LogP) is 3.13. The van der Waals surface area contributed by atoms with E-state index in [-0.39, 0.29) is 29.9 Å². The standard InChI is InChI=1S/C19H27FN2O2.ClH/c1-24-18-8-7-15(13-17(18)20)3-2-4-19(23)22-11-9-21(10-12-22)14-16-5-6-16;/h7-8,13,16H,2-6,9-12,14H2,1H3;1H. The fourth-order valence-electron chi connectivity index (χ4n) is 3.31. The number of ether oxygens (including phenoxy) is 1. The molecule has 140 valence electrons. The fraction of sp³-hybridized carbons (Fsp3) is 0.632. The summed E-state index contributed by atoms with van der Waals surface area (Å²) in [5.41, 5.74) is 0.912. The van der Waals surface area contributed by atoms with Crippen molar-refractivity contribution in [3.05, 3.63) is 29.6 Å². The van der Waals surface area contributed by atoms with E-state index in [1.165, 1.54) is 32.6 Å². The van der Waals surface area contributed by atoms with Gasteiger partial charge in [-0.05, 0) is 49.3 Å². The lowest BCUT2D eigenvalue weighted by Crippen LogP contribution is -2.49. The van der Waals surface area contributed by atoms with E-state index >= 15 is 0 Å². The molecule has 3 rings (SSSR count). The number of methoxy groups -OCH3 is 1. The molecule has 0 bridgehead atoms. The summed E-state index contributed by atoms with van der Waals surface area (Å²) >= 11 is 0. The van der Waals surface area contributed by atoms with Gasteiger partial charge in [-0.15, -0.1) is 12.4 Å². The normalized spacial score (nSPS) is 17.9. The Morgan fingerprint density at radius 3 is 2.56 bits per heavy atom. The molecule has 2 aliphatic rings. The Hall–Kier alpha value is -1.33. The molecule has 0 aromatic heterocycles. The molecule has 0 atom stereocenters. The van der Waals surface area contributed by atoms with E-state index < -0.39 is 0 Å². The number of halogens is 2. The van der Waals surface area contributed by atoms with Gasteiger partial charge in [0, 0.05) is 39.1 Å². The second kappa shape index (κ2) is 9.39. The second-order valence-corrected chi connectivity index (χ2v) is 6.95. The molecule has 25 heavy (non-hydrogen) atoms. The Kier molecular flexibility index (Phi) is 7.51. The Balaban J connectivity index is 0.00000225. The van der Waals surface area contributed by atoms with Crippen LogP contribution in [0.2, 0.25) is 0 Å². The van der Waals surface area contributed by atoms with Crippen molar-refractivity contribution in [2.75, 3.05) is 39.8 Å². The van der Waals surface area contributed by atoms with Gasteiger partial charge in [0.15, 0.2) is 11.6 Å². The zero-order valence-corrected chi connectivity index (χ0v) is 15.7.